The molecule has 1 aromatic heterocycles. The molecule has 1 aliphatic carbocycles. The van der Waals surface area contributed by atoms with E-state index in [1.165, 1.54) is 13.2 Å². The van der Waals surface area contributed by atoms with Crippen molar-refractivity contribution < 1.29 is 19.1 Å². The lowest BCUT2D eigenvalue weighted by atomic mass is 10.1. The Morgan fingerprint density at radius 2 is 1.96 bits per heavy atom. The maximum absolute atomic E-state index is 11.9. The van der Waals surface area contributed by atoms with Gasteiger partial charge in [0, 0.05) is 12.1 Å². The number of ether oxygens (including phenoxy) is 2. The fourth-order valence-electron chi connectivity index (χ4n) is 2.52. The number of hydrogen-bond donors (Lipinski definition) is 0. The number of methoxy groups -OCH3 is 1. The van der Waals surface area contributed by atoms with Crippen LogP contribution in [0, 0.1) is 6.92 Å². The molecule has 0 amide bonds. The summed E-state index contributed by atoms with van der Waals surface area (Å²) >= 11 is 0. The van der Waals surface area contributed by atoms with Crippen LogP contribution in [-0.4, -0.2) is 33.8 Å². The van der Waals surface area contributed by atoms with Crippen LogP contribution in [0.2, 0.25) is 0 Å². The summed E-state index contributed by atoms with van der Waals surface area (Å²) in [5.41, 5.74) is 1.23. The molecule has 1 heterocycles. The molecular weight excluding hydrogens is 322 g/mol. The molecule has 2 aromatic rings. The van der Waals surface area contributed by atoms with Gasteiger partial charge in [-0.15, -0.1) is 10.2 Å². The highest BCUT2D eigenvalue weighted by atomic mass is 16.5. The number of esters is 2. The van der Waals surface area contributed by atoms with Crippen LogP contribution in [0.4, 0.5) is 0 Å². The molecule has 130 valence electrons. The van der Waals surface area contributed by atoms with Crippen LogP contribution in [0.5, 0.6) is 0 Å². The van der Waals surface area contributed by atoms with Crippen LogP contribution in [-0.2, 0) is 20.9 Å². The molecule has 0 unspecified atom stereocenters. The minimum Gasteiger partial charge on any atom is -0.465 e. The first-order valence-electron chi connectivity index (χ1n) is 8.02. The molecule has 1 aromatic carbocycles. The number of rotatable bonds is 6. The zero-order valence-electron chi connectivity index (χ0n) is 14.1. The molecule has 7 nitrogen and oxygen atoms in total. The number of carbonyl (C=O) groups excluding carboxylic acids is 2. The Morgan fingerprint density at radius 1 is 1.24 bits per heavy atom. The van der Waals surface area contributed by atoms with Gasteiger partial charge in [-0.05, 0) is 43.5 Å². The SMILES string of the molecule is COC(=O)c1ccc(/C=C/C(=O)OCc2nnc(C)n2C2CC2)cc1. The molecule has 7 heteroatoms. The molecular formula is C18H19N3O4. The minimum atomic E-state index is -0.458. The van der Waals surface area contributed by atoms with Gasteiger partial charge in [0.05, 0.1) is 12.7 Å². The van der Waals surface area contributed by atoms with E-state index in [4.69, 9.17) is 4.74 Å². The van der Waals surface area contributed by atoms with Gasteiger partial charge in [0.25, 0.3) is 0 Å². The van der Waals surface area contributed by atoms with Crippen molar-refractivity contribution in [2.75, 3.05) is 7.11 Å². The van der Waals surface area contributed by atoms with Crippen LogP contribution >= 0.6 is 0 Å². The van der Waals surface area contributed by atoms with Crippen LogP contribution in [0.1, 0.15) is 46.5 Å². The van der Waals surface area contributed by atoms with Crippen molar-refractivity contribution in [2.24, 2.45) is 0 Å². The third kappa shape index (κ3) is 4.12. The number of nitrogens with zero attached hydrogens (tertiary/aromatic N) is 3. The fraction of sp³-hybridized carbons (Fsp3) is 0.333. The third-order valence-corrected chi connectivity index (χ3v) is 3.94. The molecule has 0 spiro atoms. The quantitative estimate of drug-likeness (QED) is 0.593. The summed E-state index contributed by atoms with van der Waals surface area (Å²) in [5.74, 6) is 0.656. The Kier molecular flexibility index (Phi) is 4.92. The standard InChI is InChI=1S/C18H19N3O4/c1-12-19-20-16(21(12)15-8-9-15)11-25-17(22)10-5-13-3-6-14(7-4-13)18(23)24-2/h3-7,10,15H,8-9,11H2,1-2H3/b10-5+. The maximum atomic E-state index is 11.9. The molecule has 25 heavy (non-hydrogen) atoms. The number of carbonyl (C=O) groups is 2. The second kappa shape index (κ2) is 7.29. The lowest BCUT2D eigenvalue weighted by Crippen LogP contribution is -2.08. The predicted molar refractivity (Wildman–Crippen MR) is 89.6 cm³/mol. The van der Waals surface area contributed by atoms with Crippen molar-refractivity contribution in [3.8, 4) is 0 Å². The summed E-state index contributed by atoms with van der Waals surface area (Å²) in [5, 5.41) is 8.11. The Balaban J connectivity index is 1.55. The van der Waals surface area contributed by atoms with Gasteiger partial charge in [-0.1, -0.05) is 12.1 Å². The van der Waals surface area contributed by atoms with Crippen molar-refractivity contribution in [1.29, 1.82) is 0 Å². The average Bonchev–Trinajstić information content (AvgIpc) is 3.40. The van der Waals surface area contributed by atoms with Crippen molar-refractivity contribution in [3.63, 3.8) is 0 Å². The number of benzene rings is 1. The van der Waals surface area contributed by atoms with E-state index >= 15 is 0 Å². The van der Waals surface area contributed by atoms with Crippen molar-refractivity contribution >= 4 is 18.0 Å². The number of aryl methyl sites for hydroxylation is 1. The van der Waals surface area contributed by atoms with E-state index in [-0.39, 0.29) is 6.61 Å². The molecule has 0 aliphatic heterocycles. The Bertz CT molecular complexity index is 804. The predicted octanol–water partition coefficient (Wildman–Crippen LogP) is 2.46. The molecule has 3 rings (SSSR count). The van der Waals surface area contributed by atoms with Gasteiger partial charge in [-0.25, -0.2) is 9.59 Å². The highest BCUT2D eigenvalue weighted by molar-refractivity contribution is 5.90. The fourth-order valence-corrected chi connectivity index (χ4v) is 2.52. The van der Waals surface area contributed by atoms with Crippen LogP contribution < -0.4 is 0 Å². The first kappa shape index (κ1) is 16.9. The molecule has 1 saturated carbocycles. The zero-order valence-corrected chi connectivity index (χ0v) is 14.1. The van der Waals surface area contributed by atoms with Gasteiger partial charge in [-0.3, -0.25) is 0 Å². The summed E-state index contributed by atoms with van der Waals surface area (Å²) in [6.45, 7) is 2.00. The van der Waals surface area contributed by atoms with E-state index in [2.05, 4.69) is 14.9 Å². The van der Waals surface area contributed by atoms with E-state index in [0.717, 1.165) is 24.2 Å². The third-order valence-electron chi connectivity index (χ3n) is 3.94. The largest absolute Gasteiger partial charge is 0.465 e. The first-order chi connectivity index (χ1) is 12.1. The summed E-state index contributed by atoms with van der Waals surface area (Å²) in [7, 11) is 1.33. The van der Waals surface area contributed by atoms with Gasteiger partial charge < -0.3 is 14.0 Å². The lowest BCUT2D eigenvalue weighted by Gasteiger charge is -2.06. The van der Waals surface area contributed by atoms with E-state index in [0.29, 0.717) is 17.4 Å². The summed E-state index contributed by atoms with van der Waals surface area (Å²) in [4.78, 5) is 23.2. The summed E-state index contributed by atoms with van der Waals surface area (Å²) < 4.78 is 11.9. The van der Waals surface area contributed by atoms with Crippen molar-refractivity contribution in [2.45, 2.75) is 32.4 Å². The second-order valence-corrected chi connectivity index (χ2v) is 5.82. The molecule has 1 fully saturated rings. The van der Waals surface area contributed by atoms with E-state index in [1.807, 2.05) is 11.5 Å². The van der Waals surface area contributed by atoms with E-state index in [1.54, 1.807) is 30.3 Å². The van der Waals surface area contributed by atoms with E-state index < -0.39 is 11.9 Å². The van der Waals surface area contributed by atoms with Gasteiger partial charge in [0.2, 0.25) is 0 Å². The highest BCUT2D eigenvalue weighted by Gasteiger charge is 2.28. The second-order valence-electron chi connectivity index (χ2n) is 5.82. The zero-order chi connectivity index (χ0) is 17.8. The van der Waals surface area contributed by atoms with Gasteiger partial charge in [0.1, 0.15) is 5.82 Å². The molecule has 0 saturated heterocycles. The average molecular weight is 341 g/mol. The molecule has 0 N–H and O–H groups in total. The monoisotopic (exact) mass is 341 g/mol. The normalized spacial score (nSPS) is 13.8. The van der Waals surface area contributed by atoms with Crippen molar-refractivity contribution in [1.82, 2.24) is 14.8 Å². The smallest absolute Gasteiger partial charge is 0.337 e. The van der Waals surface area contributed by atoms with E-state index in [9.17, 15) is 9.59 Å². The molecule has 1 aliphatic rings. The van der Waals surface area contributed by atoms with Crippen LogP contribution in [0.25, 0.3) is 6.08 Å². The topological polar surface area (TPSA) is 83.3 Å². The lowest BCUT2D eigenvalue weighted by molar-refractivity contribution is -0.139. The maximum Gasteiger partial charge on any atom is 0.337 e. The summed E-state index contributed by atoms with van der Waals surface area (Å²) in [6, 6.07) is 7.16. The minimum absolute atomic E-state index is 0.0990. The molecule has 0 atom stereocenters. The van der Waals surface area contributed by atoms with Gasteiger partial charge in [0.15, 0.2) is 12.4 Å². The number of hydrogen-bond acceptors (Lipinski definition) is 6. The van der Waals surface area contributed by atoms with Crippen LogP contribution in [0.15, 0.2) is 30.3 Å². The Morgan fingerprint density at radius 3 is 2.60 bits per heavy atom. The summed E-state index contributed by atoms with van der Waals surface area (Å²) in [6.07, 6.45) is 5.20. The number of aromatic nitrogens is 3. The Labute approximate surface area is 145 Å². The molecule has 0 bridgehead atoms. The van der Waals surface area contributed by atoms with Crippen LogP contribution in [0.3, 0.4) is 0 Å². The van der Waals surface area contributed by atoms with Gasteiger partial charge >= 0.3 is 11.9 Å². The Hall–Kier alpha value is -2.96. The first-order valence-corrected chi connectivity index (χ1v) is 8.02. The molecule has 0 radical (unpaired) electrons. The van der Waals surface area contributed by atoms with Crippen molar-refractivity contribution in [3.05, 3.63) is 53.1 Å². The highest BCUT2D eigenvalue weighted by Crippen LogP contribution is 2.36. The van der Waals surface area contributed by atoms with Gasteiger partial charge in [-0.2, -0.15) is 0 Å².